The monoisotopic (exact) mass is 398 g/mol. The van der Waals surface area contributed by atoms with Crippen LogP contribution in [0.3, 0.4) is 0 Å². The average molecular weight is 399 g/mol. The fourth-order valence-corrected chi connectivity index (χ4v) is 6.32. The van der Waals surface area contributed by atoms with Crippen LogP contribution in [-0.4, -0.2) is 67.4 Å². The normalized spacial score (nSPS) is 31.1. The van der Waals surface area contributed by atoms with Crippen LogP contribution in [0.4, 0.5) is 5.69 Å². The lowest BCUT2D eigenvalue weighted by Gasteiger charge is -2.57. The molecule has 2 aliphatic carbocycles. The number of hydrogen-bond acceptors (Lipinski definition) is 4. The summed E-state index contributed by atoms with van der Waals surface area (Å²) in [6.07, 6.45) is 6.93. The van der Waals surface area contributed by atoms with Gasteiger partial charge in [-0.2, -0.15) is 0 Å². The van der Waals surface area contributed by atoms with E-state index in [1.807, 2.05) is 18.2 Å². The molecule has 2 N–H and O–H groups in total. The van der Waals surface area contributed by atoms with Crippen molar-refractivity contribution in [3.63, 3.8) is 0 Å². The van der Waals surface area contributed by atoms with Crippen LogP contribution in [0.1, 0.15) is 39.0 Å². The van der Waals surface area contributed by atoms with Gasteiger partial charge < -0.3 is 25.0 Å². The molecule has 4 fully saturated rings. The molecule has 5 rings (SSSR count). The highest BCUT2D eigenvalue weighted by Crippen LogP contribution is 2.60. The van der Waals surface area contributed by atoms with Crippen molar-refractivity contribution in [1.82, 2.24) is 10.2 Å². The molecule has 3 atom stereocenters. The summed E-state index contributed by atoms with van der Waals surface area (Å²) in [5.74, 6) is 2.09. The van der Waals surface area contributed by atoms with Crippen molar-refractivity contribution in [2.45, 2.75) is 51.2 Å². The summed E-state index contributed by atoms with van der Waals surface area (Å²) in [6.45, 7) is 7.48. The first-order valence-corrected chi connectivity index (χ1v) is 11.4. The molecule has 1 spiro atoms. The minimum Gasteiger partial charge on any atom is -0.506 e. The predicted molar refractivity (Wildman–Crippen MR) is 116 cm³/mol. The van der Waals surface area contributed by atoms with Crippen LogP contribution in [-0.2, 0) is 4.74 Å². The van der Waals surface area contributed by atoms with Crippen molar-refractivity contribution in [2.75, 3.05) is 44.2 Å². The number of aromatic hydroxyl groups is 1. The Bertz CT molecular complexity index is 753. The summed E-state index contributed by atoms with van der Waals surface area (Å²) in [5, 5.41) is 14.1. The van der Waals surface area contributed by atoms with Gasteiger partial charge in [-0.3, -0.25) is 4.99 Å². The van der Waals surface area contributed by atoms with Gasteiger partial charge in [0.25, 0.3) is 0 Å². The largest absolute Gasteiger partial charge is 0.506 e. The van der Waals surface area contributed by atoms with Gasteiger partial charge in [-0.1, -0.05) is 25.0 Å². The van der Waals surface area contributed by atoms with E-state index in [-0.39, 0.29) is 0 Å². The van der Waals surface area contributed by atoms with Gasteiger partial charge in [-0.15, -0.1) is 0 Å². The number of guanidine groups is 1. The van der Waals surface area contributed by atoms with Crippen molar-refractivity contribution in [3.05, 3.63) is 24.3 Å². The minimum atomic E-state index is 0.341. The van der Waals surface area contributed by atoms with E-state index in [1.54, 1.807) is 6.07 Å². The Morgan fingerprint density at radius 1 is 1.21 bits per heavy atom. The van der Waals surface area contributed by atoms with Crippen LogP contribution < -0.4 is 10.2 Å². The van der Waals surface area contributed by atoms with Crippen LogP contribution in [0.25, 0.3) is 0 Å². The van der Waals surface area contributed by atoms with Gasteiger partial charge in [0.05, 0.1) is 11.8 Å². The summed E-state index contributed by atoms with van der Waals surface area (Å²) < 4.78 is 6.16. The number of ether oxygens (including phenoxy) is 1. The van der Waals surface area contributed by atoms with E-state index in [0.29, 0.717) is 29.2 Å². The van der Waals surface area contributed by atoms with E-state index in [1.165, 1.54) is 32.1 Å². The second kappa shape index (κ2) is 7.71. The maximum Gasteiger partial charge on any atom is 0.194 e. The van der Waals surface area contributed by atoms with E-state index in [9.17, 15) is 5.11 Å². The average Bonchev–Trinajstić information content (AvgIpc) is 3.41. The number of phenols is 1. The number of para-hydroxylation sites is 2. The van der Waals surface area contributed by atoms with E-state index < -0.39 is 0 Å². The first-order valence-electron chi connectivity index (χ1n) is 11.4. The number of fused-ring (bicyclic) bond motifs is 2. The van der Waals surface area contributed by atoms with Gasteiger partial charge >= 0.3 is 0 Å². The number of anilines is 1. The number of aliphatic imine (C=N–C) groups is 1. The molecular formula is C23H34N4O2. The molecule has 3 unspecified atom stereocenters. The Morgan fingerprint density at radius 2 is 1.97 bits per heavy atom. The molecule has 2 aliphatic heterocycles. The SMILES string of the molecule is CCN=C(NC1C2CCOC2C12CCCC2)N1CCN(c2ccccc2O)CC1. The van der Waals surface area contributed by atoms with Gasteiger partial charge in [-0.25, -0.2) is 0 Å². The van der Waals surface area contributed by atoms with Crippen LogP contribution in [0.2, 0.25) is 0 Å². The molecule has 0 bridgehead atoms. The topological polar surface area (TPSA) is 60.3 Å². The number of phenolic OH excluding ortho intramolecular Hbond substituents is 1. The van der Waals surface area contributed by atoms with E-state index in [4.69, 9.17) is 9.73 Å². The van der Waals surface area contributed by atoms with Crippen LogP contribution in [0.5, 0.6) is 5.75 Å². The minimum absolute atomic E-state index is 0.341. The smallest absolute Gasteiger partial charge is 0.194 e. The Kier molecular flexibility index (Phi) is 5.06. The number of nitrogens with one attached hydrogen (secondary N) is 1. The third-order valence-electron chi connectivity index (χ3n) is 7.68. The van der Waals surface area contributed by atoms with Gasteiger partial charge in [0.1, 0.15) is 5.75 Å². The Morgan fingerprint density at radius 3 is 2.69 bits per heavy atom. The number of benzene rings is 1. The molecule has 2 saturated heterocycles. The molecule has 6 heteroatoms. The van der Waals surface area contributed by atoms with Crippen molar-refractivity contribution in [1.29, 1.82) is 0 Å². The zero-order chi connectivity index (χ0) is 19.8. The third-order valence-corrected chi connectivity index (χ3v) is 7.68. The molecule has 1 aromatic carbocycles. The molecule has 2 heterocycles. The fourth-order valence-electron chi connectivity index (χ4n) is 6.32. The maximum absolute atomic E-state index is 10.2. The molecule has 29 heavy (non-hydrogen) atoms. The molecule has 158 valence electrons. The second-order valence-corrected chi connectivity index (χ2v) is 9.07. The molecule has 0 aromatic heterocycles. The van der Waals surface area contributed by atoms with Gasteiger partial charge in [0, 0.05) is 56.7 Å². The number of hydrogen-bond donors (Lipinski definition) is 2. The number of rotatable bonds is 3. The standard InChI is InChI=1S/C23H34N4O2/c1-2-24-22(25-20-17-9-16-29-21(17)23(20)10-5-6-11-23)27-14-12-26(13-15-27)18-7-3-4-8-19(18)28/h3-4,7-8,17,20-21,28H,2,5-6,9-16H2,1H3,(H,24,25). The first kappa shape index (κ1) is 19.0. The Labute approximate surface area is 173 Å². The molecule has 2 saturated carbocycles. The summed E-state index contributed by atoms with van der Waals surface area (Å²) in [4.78, 5) is 9.56. The quantitative estimate of drug-likeness (QED) is 0.606. The summed E-state index contributed by atoms with van der Waals surface area (Å²) in [6, 6.07) is 8.15. The van der Waals surface area contributed by atoms with Crippen molar-refractivity contribution >= 4 is 11.6 Å². The van der Waals surface area contributed by atoms with E-state index in [2.05, 4.69) is 22.0 Å². The number of nitrogens with zero attached hydrogens (tertiary/aromatic N) is 3. The van der Waals surface area contributed by atoms with Crippen LogP contribution in [0, 0.1) is 11.3 Å². The molecule has 1 aromatic rings. The predicted octanol–water partition coefficient (Wildman–Crippen LogP) is 2.83. The Hall–Kier alpha value is -1.95. The highest BCUT2D eigenvalue weighted by molar-refractivity contribution is 5.81. The van der Waals surface area contributed by atoms with Crippen molar-refractivity contribution in [3.8, 4) is 5.75 Å². The molecule has 0 radical (unpaired) electrons. The van der Waals surface area contributed by atoms with Gasteiger partial charge in [0.2, 0.25) is 0 Å². The van der Waals surface area contributed by atoms with Crippen molar-refractivity contribution in [2.24, 2.45) is 16.3 Å². The van der Waals surface area contributed by atoms with E-state index in [0.717, 1.165) is 51.0 Å². The summed E-state index contributed by atoms with van der Waals surface area (Å²) in [5.41, 5.74) is 1.27. The highest BCUT2D eigenvalue weighted by atomic mass is 16.5. The maximum atomic E-state index is 10.2. The Balaban J connectivity index is 1.27. The molecular weight excluding hydrogens is 364 g/mol. The zero-order valence-electron chi connectivity index (χ0n) is 17.5. The van der Waals surface area contributed by atoms with E-state index >= 15 is 0 Å². The lowest BCUT2D eigenvalue weighted by atomic mass is 9.54. The van der Waals surface area contributed by atoms with Gasteiger partial charge in [-0.05, 0) is 38.3 Å². The van der Waals surface area contributed by atoms with Crippen LogP contribution >= 0.6 is 0 Å². The summed E-state index contributed by atoms with van der Waals surface area (Å²) in [7, 11) is 0. The van der Waals surface area contributed by atoms with Gasteiger partial charge in [0.15, 0.2) is 5.96 Å². The third kappa shape index (κ3) is 3.16. The number of piperazine rings is 1. The molecule has 4 aliphatic rings. The second-order valence-electron chi connectivity index (χ2n) is 9.07. The fraction of sp³-hybridized carbons (Fsp3) is 0.696. The summed E-state index contributed by atoms with van der Waals surface area (Å²) >= 11 is 0. The van der Waals surface area contributed by atoms with Crippen molar-refractivity contribution < 1.29 is 9.84 Å². The zero-order valence-corrected chi connectivity index (χ0v) is 17.5. The van der Waals surface area contributed by atoms with Crippen LogP contribution in [0.15, 0.2) is 29.3 Å². The lowest BCUT2D eigenvalue weighted by molar-refractivity contribution is -0.125. The molecule has 6 nitrogen and oxygen atoms in total. The highest BCUT2D eigenvalue weighted by Gasteiger charge is 2.65. The molecule has 0 amide bonds. The lowest BCUT2D eigenvalue weighted by Crippen LogP contribution is -2.70. The first-order chi connectivity index (χ1) is 14.2.